The van der Waals surface area contributed by atoms with Crippen LogP contribution in [0, 0.1) is 11.7 Å². The average Bonchev–Trinajstić information content (AvgIpc) is 2.65. The highest BCUT2D eigenvalue weighted by atomic mass is 19.1. The number of carbonyl (C=O) groups is 2. The molecule has 0 aliphatic heterocycles. The van der Waals surface area contributed by atoms with Gasteiger partial charge in [-0.2, -0.15) is 0 Å². The fraction of sp³-hybridized carbons (Fsp3) is 0.273. The molecule has 0 saturated heterocycles. The molecule has 2 aromatic carbocycles. The van der Waals surface area contributed by atoms with Crippen LogP contribution in [0.1, 0.15) is 43.4 Å². The van der Waals surface area contributed by atoms with Crippen molar-refractivity contribution in [3.8, 4) is 0 Å². The number of halogens is 1. The lowest BCUT2D eigenvalue weighted by molar-refractivity contribution is -0.132. The number of rotatable bonds is 8. The van der Waals surface area contributed by atoms with E-state index in [4.69, 9.17) is 0 Å². The van der Waals surface area contributed by atoms with Crippen LogP contribution < -0.4 is 0 Å². The normalized spacial score (nSPS) is 11.2. The van der Waals surface area contributed by atoms with Crippen molar-refractivity contribution in [2.75, 3.05) is 0 Å². The van der Waals surface area contributed by atoms with Gasteiger partial charge in [0.25, 0.3) is 0 Å². The molecule has 0 heterocycles. The minimum atomic E-state index is -0.532. The van der Waals surface area contributed by atoms with Crippen molar-refractivity contribution in [3.63, 3.8) is 0 Å². The lowest BCUT2D eigenvalue weighted by Crippen LogP contribution is -2.25. The van der Waals surface area contributed by atoms with E-state index in [1.54, 1.807) is 26.0 Å². The van der Waals surface area contributed by atoms with Gasteiger partial charge >= 0.3 is 0 Å². The smallest absolute Gasteiger partial charge is 0.143 e. The van der Waals surface area contributed by atoms with Crippen LogP contribution in [0.4, 0.5) is 4.39 Å². The monoisotopic (exact) mass is 338 g/mol. The van der Waals surface area contributed by atoms with E-state index in [1.807, 2.05) is 36.4 Å². The summed E-state index contributed by atoms with van der Waals surface area (Å²) < 4.78 is 12.9. The molecule has 0 amide bonds. The number of carbonyl (C=O) groups excluding carboxylic acids is 2. The SMILES string of the molecule is CCC(=O)C(Cc1ccc(C=Cc2ccc(F)cc2)cc1)C(=O)CC. The third kappa shape index (κ3) is 5.49. The first-order valence-corrected chi connectivity index (χ1v) is 8.61. The summed E-state index contributed by atoms with van der Waals surface area (Å²) in [5.41, 5.74) is 2.91. The Morgan fingerprint density at radius 2 is 1.28 bits per heavy atom. The van der Waals surface area contributed by atoms with E-state index in [1.165, 1.54) is 12.1 Å². The van der Waals surface area contributed by atoms with Crippen molar-refractivity contribution in [1.82, 2.24) is 0 Å². The Bertz CT molecular complexity index is 727. The number of hydrogen-bond acceptors (Lipinski definition) is 2. The van der Waals surface area contributed by atoms with Crippen LogP contribution in [0.3, 0.4) is 0 Å². The predicted octanol–water partition coefficient (Wildman–Crippen LogP) is 5.11. The Kier molecular flexibility index (Phi) is 6.81. The third-order valence-corrected chi connectivity index (χ3v) is 4.23. The average molecular weight is 338 g/mol. The van der Waals surface area contributed by atoms with Crippen LogP contribution in [0.15, 0.2) is 48.5 Å². The molecule has 0 aromatic heterocycles. The number of ketones is 2. The van der Waals surface area contributed by atoms with Crippen molar-refractivity contribution in [2.45, 2.75) is 33.1 Å². The van der Waals surface area contributed by atoms with Gasteiger partial charge in [-0.05, 0) is 35.2 Å². The van der Waals surface area contributed by atoms with E-state index in [2.05, 4.69) is 0 Å². The topological polar surface area (TPSA) is 34.1 Å². The molecule has 0 saturated carbocycles. The van der Waals surface area contributed by atoms with Crippen LogP contribution in [0.2, 0.25) is 0 Å². The molecule has 0 atom stereocenters. The molecule has 0 aliphatic rings. The van der Waals surface area contributed by atoms with Gasteiger partial charge in [0.15, 0.2) is 0 Å². The standard InChI is InChI=1S/C22H23FO2/c1-3-21(24)20(22(25)4-2)15-18-9-7-16(8-10-18)5-6-17-11-13-19(23)14-12-17/h5-14,20H,3-4,15H2,1-2H3. The van der Waals surface area contributed by atoms with Gasteiger partial charge in [-0.15, -0.1) is 0 Å². The molecule has 0 bridgehead atoms. The molecule has 0 fully saturated rings. The van der Waals surface area contributed by atoms with Gasteiger partial charge in [0.2, 0.25) is 0 Å². The quantitative estimate of drug-likeness (QED) is 0.495. The molecule has 130 valence electrons. The molecule has 3 heteroatoms. The van der Waals surface area contributed by atoms with Gasteiger partial charge < -0.3 is 0 Å². The van der Waals surface area contributed by atoms with Gasteiger partial charge in [-0.3, -0.25) is 9.59 Å². The lowest BCUT2D eigenvalue weighted by atomic mass is 9.89. The van der Waals surface area contributed by atoms with E-state index in [-0.39, 0.29) is 17.4 Å². The second-order valence-corrected chi connectivity index (χ2v) is 6.02. The second-order valence-electron chi connectivity index (χ2n) is 6.02. The van der Waals surface area contributed by atoms with Crippen LogP contribution in [-0.4, -0.2) is 11.6 Å². The van der Waals surface area contributed by atoms with Crippen molar-refractivity contribution >= 4 is 23.7 Å². The summed E-state index contributed by atoms with van der Waals surface area (Å²) in [6.45, 7) is 3.59. The summed E-state index contributed by atoms with van der Waals surface area (Å²) in [5, 5.41) is 0. The van der Waals surface area contributed by atoms with Gasteiger partial charge in [0.1, 0.15) is 17.4 Å². The van der Waals surface area contributed by atoms with E-state index >= 15 is 0 Å². The highest BCUT2D eigenvalue weighted by Crippen LogP contribution is 2.16. The summed E-state index contributed by atoms with van der Waals surface area (Å²) in [5.74, 6) is -0.769. The number of hydrogen-bond donors (Lipinski definition) is 0. The zero-order valence-corrected chi connectivity index (χ0v) is 14.7. The molecular formula is C22H23FO2. The molecule has 2 nitrogen and oxygen atoms in total. The fourth-order valence-corrected chi connectivity index (χ4v) is 2.67. The molecular weight excluding hydrogens is 315 g/mol. The predicted molar refractivity (Wildman–Crippen MR) is 99.6 cm³/mol. The minimum Gasteiger partial charge on any atom is -0.299 e. The van der Waals surface area contributed by atoms with E-state index in [9.17, 15) is 14.0 Å². The Morgan fingerprint density at radius 1 is 0.840 bits per heavy atom. The van der Waals surface area contributed by atoms with Crippen molar-refractivity contribution < 1.29 is 14.0 Å². The molecule has 0 radical (unpaired) electrons. The first-order valence-electron chi connectivity index (χ1n) is 8.61. The molecule has 2 aromatic rings. The van der Waals surface area contributed by atoms with Gasteiger partial charge in [0, 0.05) is 12.8 Å². The zero-order valence-electron chi connectivity index (χ0n) is 14.7. The Labute approximate surface area is 148 Å². The van der Waals surface area contributed by atoms with Crippen LogP contribution in [0.25, 0.3) is 12.2 Å². The number of Topliss-reactive ketones (excluding diaryl/α,β-unsaturated/α-hetero) is 2. The van der Waals surface area contributed by atoms with Gasteiger partial charge in [0.05, 0.1) is 5.92 Å². The highest BCUT2D eigenvalue weighted by Gasteiger charge is 2.23. The first kappa shape index (κ1) is 18.8. The van der Waals surface area contributed by atoms with Crippen LogP contribution in [-0.2, 0) is 16.0 Å². The molecule has 0 N–H and O–H groups in total. The summed E-state index contributed by atoms with van der Waals surface area (Å²) in [4.78, 5) is 24.0. The maximum Gasteiger partial charge on any atom is 0.143 e. The van der Waals surface area contributed by atoms with Crippen LogP contribution in [0.5, 0.6) is 0 Å². The fourth-order valence-electron chi connectivity index (χ4n) is 2.67. The minimum absolute atomic E-state index is 0.00660. The zero-order chi connectivity index (χ0) is 18.2. The van der Waals surface area contributed by atoms with Gasteiger partial charge in [-0.1, -0.05) is 62.4 Å². The Balaban J connectivity index is 2.06. The van der Waals surface area contributed by atoms with Crippen molar-refractivity contribution in [1.29, 1.82) is 0 Å². The molecule has 25 heavy (non-hydrogen) atoms. The summed E-state index contributed by atoms with van der Waals surface area (Å²) in [7, 11) is 0. The molecule has 0 spiro atoms. The third-order valence-electron chi connectivity index (χ3n) is 4.23. The largest absolute Gasteiger partial charge is 0.299 e. The highest BCUT2D eigenvalue weighted by molar-refractivity contribution is 6.02. The number of benzene rings is 2. The molecule has 0 aliphatic carbocycles. The van der Waals surface area contributed by atoms with Gasteiger partial charge in [-0.25, -0.2) is 4.39 Å². The van der Waals surface area contributed by atoms with E-state index < -0.39 is 5.92 Å². The van der Waals surface area contributed by atoms with E-state index in [0.717, 1.165) is 16.7 Å². The maximum absolute atomic E-state index is 12.9. The molecule has 0 unspecified atom stereocenters. The lowest BCUT2D eigenvalue weighted by Gasteiger charge is -2.13. The maximum atomic E-state index is 12.9. The van der Waals surface area contributed by atoms with Crippen LogP contribution >= 0.6 is 0 Å². The summed E-state index contributed by atoms with van der Waals surface area (Å²) >= 11 is 0. The summed E-state index contributed by atoms with van der Waals surface area (Å²) in [6.07, 6.45) is 5.09. The Hall–Kier alpha value is -2.55. The second kappa shape index (κ2) is 9.07. The summed E-state index contributed by atoms with van der Waals surface area (Å²) in [6, 6.07) is 14.1. The van der Waals surface area contributed by atoms with Crippen molar-refractivity contribution in [2.24, 2.45) is 5.92 Å². The van der Waals surface area contributed by atoms with E-state index in [0.29, 0.717) is 19.3 Å². The van der Waals surface area contributed by atoms with Crippen molar-refractivity contribution in [3.05, 3.63) is 71.0 Å². The first-order chi connectivity index (χ1) is 12.0. The molecule has 2 rings (SSSR count). The Morgan fingerprint density at radius 3 is 1.72 bits per heavy atom.